The van der Waals surface area contributed by atoms with Crippen LogP contribution in [0.3, 0.4) is 0 Å². The molecule has 0 N–H and O–H groups in total. The minimum Gasteiger partial charge on any atom is -0.237 e. The van der Waals surface area contributed by atoms with Gasteiger partial charge in [0.2, 0.25) is 0 Å². The molecule has 0 saturated heterocycles. The minimum atomic E-state index is -4.42. The molecule has 0 saturated carbocycles. The molecule has 1 heterocycles. The first-order valence-electron chi connectivity index (χ1n) is 4.81. The predicted octanol–water partition coefficient (Wildman–Crippen LogP) is 3.43. The third-order valence-corrected chi connectivity index (χ3v) is 2.48. The van der Waals surface area contributed by atoms with E-state index < -0.39 is 11.7 Å². The van der Waals surface area contributed by atoms with Crippen molar-refractivity contribution in [2.45, 2.75) is 13.1 Å². The highest BCUT2D eigenvalue weighted by atomic mass is 19.4. The van der Waals surface area contributed by atoms with E-state index in [0.717, 1.165) is 0 Å². The number of nitriles is 1. The van der Waals surface area contributed by atoms with E-state index in [4.69, 9.17) is 5.26 Å². The second kappa shape index (κ2) is 3.74. The molecule has 0 radical (unpaired) electrons. The van der Waals surface area contributed by atoms with E-state index in [0.29, 0.717) is 0 Å². The fraction of sp³-hybridized carbons (Fsp3) is 0.167. The first-order chi connectivity index (χ1) is 7.93. The molecule has 0 spiro atoms. The molecule has 1 aromatic carbocycles. The van der Waals surface area contributed by atoms with Crippen LogP contribution in [-0.4, -0.2) is 4.98 Å². The van der Waals surface area contributed by atoms with Crippen molar-refractivity contribution in [3.63, 3.8) is 0 Å². The molecule has 1 aromatic heterocycles. The van der Waals surface area contributed by atoms with Crippen LogP contribution in [0.1, 0.15) is 16.8 Å². The SMILES string of the molecule is Cc1ccc2nc(C#N)ccc2c1C(F)(F)F. The smallest absolute Gasteiger partial charge is 0.237 e. The summed E-state index contributed by atoms with van der Waals surface area (Å²) in [5, 5.41) is 8.67. The van der Waals surface area contributed by atoms with Gasteiger partial charge in [0.1, 0.15) is 11.8 Å². The Hall–Kier alpha value is -2.09. The number of rotatable bonds is 0. The lowest BCUT2D eigenvalue weighted by Crippen LogP contribution is -2.08. The average molecular weight is 236 g/mol. The monoisotopic (exact) mass is 236 g/mol. The number of pyridine rings is 1. The molecule has 0 aliphatic heterocycles. The lowest BCUT2D eigenvalue weighted by molar-refractivity contribution is -0.136. The van der Waals surface area contributed by atoms with Crippen molar-refractivity contribution in [1.82, 2.24) is 4.98 Å². The van der Waals surface area contributed by atoms with Crippen LogP contribution in [0, 0.1) is 18.3 Å². The Morgan fingerprint density at radius 1 is 1.18 bits per heavy atom. The van der Waals surface area contributed by atoms with Crippen molar-refractivity contribution in [2.24, 2.45) is 0 Å². The summed E-state index contributed by atoms with van der Waals surface area (Å²) in [6.07, 6.45) is -4.42. The first-order valence-corrected chi connectivity index (χ1v) is 4.81. The van der Waals surface area contributed by atoms with Gasteiger partial charge in [-0.05, 0) is 30.7 Å². The van der Waals surface area contributed by atoms with E-state index in [-0.39, 0.29) is 22.2 Å². The number of fused-ring (bicyclic) bond motifs is 1. The molecule has 0 bridgehead atoms. The van der Waals surface area contributed by atoms with Crippen molar-refractivity contribution >= 4 is 10.9 Å². The summed E-state index contributed by atoms with van der Waals surface area (Å²) in [6.45, 7) is 1.40. The van der Waals surface area contributed by atoms with Gasteiger partial charge in [0.05, 0.1) is 11.1 Å². The first kappa shape index (κ1) is 11.4. The topological polar surface area (TPSA) is 36.7 Å². The number of nitrogens with zero attached hydrogens (tertiary/aromatic N) is 2. The van der Waals surface area contributed by atoms with Crippen LogP contribution in [0.25, 0.3) is 10.9 Å². The third kappa shape index (κ3) is 1.94. The van der Waals surface area contributed by atoms with Crippen molar-refractivity contribution in [2.75, 3.05) is 0 Å². The molecule has 2 nitrogen and oxygen atoms in total. The minimum absolute atomic E-state index is 0.0245. The molecule has 17 heavy (non-hydrogen) atoms. The second-order valence-corrected chi connectivity index (χ2v) is 3.63. The van der Waals surface area contributed by atoms with E-state index >= 15 is 0 Å². The molecule has 0 atom stereocenters. The van der Waals surface area contributed by atoms with Crippen LogP contribution in [0.15, 0.2) is 24.3 Å². The predicted molar refractivity (Wildman–Crippen MR) is 56.2 cm³/mol. The maximum Gasteiger partial charge on any atom is 0.417 e. The van der Waals surface area contributed by atoms with Gasteiger partial charge in [-0.25, -0.2) is 4.98 Å². The fourth-order valence-electron chi connectivity index (χ4n) is 1.75. The molecule has 0 amide bonds. The zero-order valence-corrected chi connectivity index (χ0v) is 8.84. The highest BCUT2D eigenvalue weighted by Crippen LogP contribution is 2.36. The number of aryl methyl sites for hydroxylation is 1. The number of alkyl halides is 3. The average Bonchev–Trinajstić information content (AvgIpc) is 2.26. The van der Waals surface area contributed by atoms with Gasteiger partial charge in [-0.15, -0.1) is 0 Å². The standard InChI is InChI=1S/C12H7F3N2/c1-7-2-5-10-9(11(7)12(13,14)15)4-3-8(6-16)17-10/h2-5H,1H3. The fourth-order valence-corrected chi connectivity index (χ4v) is 1.75. The van der Waals surface area contributed by atoms with Crippen LogP contribution in [0.2, 0.25) is 0 Å². The summed E-state index contributed by atoms with van der Waals surface area (Å²) in [6, 6.07) is 7.22. The Morgan fingerprint density at radius 2 is 1.88 bits per heavy atom. The number of hydrogen-bond acceptors (Lipinski definition) is 2. The summed E-state index contributed by atoms with van der Waals surface area (Å²) in [5.41, 5.74) is -0.250. The van der Waals surface area contributed by atoms with Gasteiger partial charge in [0.25, 0.3) is 0 Å². The van der Waals surface area contributed by atoms with Crippen LogP contribution in [-0.2, 0) is 6.18 Å². The van der Waals surface area contributed by atoms with E-state index in [1.54, 1.807) is 6.07 Å². The number of aromatic nitrogens is 1. The van der Waals surface area contributed by atoms with E-state index in [1.807, 2.05) is 0 Å². The van der Waals surface area contributed by atoms with Crippen LogP contribution in [0.5, 0.6) is 0 Å². The molecule has 0 aliphatic carbocycles. The molecule has 5 heteroatoms. The number of benzene rings is 1. The molecule has 0 fully saturated rings. The molecular weight excluding hydrogens is 229 g/mol. The lowest BCUT2D eigenvalue weighted by atomic mass is 10.0. The van der Waals surface area contributed by atoms with Gasteiger partial charge in [0, 0.05) is 5.39 Å². The van der Waals surface area contributed by atoms with Crippen LogP contribution < -0.4 is 0 Å². The molecule has 2 aromatic rings. The second-order valence-electron chi connectivity index (χ2n) is 3.63. The summed E-state index contributed by atoms with van der Waals surface area (Å²) in [5.74, 6) is 0. The van der Waals surface area contributed by atoms with Gasteiger partial charge in [-0.3, -0.25) is 0 Å². The van der Waals surface area contributed by atoms with Gasteiger partial charge < -0.3 is 0 Å². The van der Waals surface area contributed by atoms with Crippen molar-refractivity contribution in [3.8, 4) is 6.07 Å². The van der Waals surface area contributed by atoms with E-state index in [1.165, 1.54) is 31.2 Å². The summed E-state index contributed by atoms with van der Waals surface area (Å²) in [4.78, 5) is 3.85. The van der Waals surface area contributed by atoms with E-state index in [2.05, 4.69) is 4.98 Å². The maximum atomic E-state index is 12.9. The molecular formula is C12H7F3N2. The molecule has 86 valence electrons. The van der Waals surface area contributed by atoms with Gasteiger partial charge in [-0.1, -0.05) is 6.07 Å². The Labute approximate surface area is 95.3 Å². The highest BCUT2D eigenvalue weighted by Gasteiger charge is 2.34. The lowest BCUT2D eigenvalue weighted by Gasteiger charge is -2.13. The third-order valence-electron chi connectivity index (χ3n) is 2.48. The zero-order chi connectivity index (χ0) is 12.6. The van der Waals surface area contributed by atoms with Crippen LogP contribution >= 0.6 is 0 Å². The Balaban J connectivity index is 2.84. The summed E-state index contributed by atoms with van der Waals surface area (Å²) >= 11 is 0. The molecule has 2 rings (SSSR count). The summed E-state index contributed by atoms with van der Waals surface area (Å²) in [7, 11) is 0. The Bertz CT molecular complexity index is 624. The highest BCUT2D eigenvalue weighted by molar-refractivity contribution is 5.84. The van der Waals surface area contributed by atoms with Gasteiger partial charge in [-0.2, -0.15) is 18.4 Å². The largest absolute Gasteiger partial charge is 0.417 e. The van der Waals surface area contributed by atoms with Crippen molar-refractivity contribution in [1.29, 1.82) is 5.26 Å². The van der Waals surface area contributed by atoms with Crippen LogP contribution in [0.4, 0.5) is 13.2 Å². The van der Waals surface area contributed by atoms with Crippen molar-refractivity contribution < 1.29 is 13.2 Å². The zero-order valence-electron chi connectivity index (χ0n) is 8.84. The van der Waals surface area contributed by atoms with Crippen molar-refractivity contribution in [3.05, 3.63) is 41.1 Å². The Kier molecular flexibility index (Phi) is 2.50. The molecule has 0 aliphatic rings. The van der Waals surface area contributed by atoms with Gasteiger partial charge >= 0.3 is 6.18 Å². The maximum absolute atomic E-state index is 12.9. The number of hydrogen-bond donors (Lipinski definition) is 0. The number of halogens is 3. The van der Waals surface area contributed by atoms with E-state index in [9.17, 15) is 13.2 Å². The Morgan fingerprint density at radius 3 is 2.47 bits per heavy atom. The normalized spacial score (nSPS) is 11.5. The quantitative estimate of drug-likeness (QED) is 0.702. The van der Waals surface area contributed by atoms with Gasteiger partial charge in [0.15, 0.2) is 0 Å². The molecule has 0 unspecified atom stereocenters. The summed E-state index contributed by atoms with van der Waals surface area (Å²) < 4.78 is 38.6.